The van der Waals surface area contributed by atoms with Crippen LogP contribution in [0.3, 0.4) is 0 Å². The van der Waals surface area contributed by atoms with Gasteiger partial charge in [-0.3, -0.25) is 4.79 Å². The highest BCUT2D eigenvalue weighted by atomic mass is 16.6. The summed E-state index contributed by atoms with van der Waals surface area (Å²) in [6.45, 7) is 4.34. The predicted molar refractivity (Wildman–Crippen MR) is 104 cm³/mol. The Labute approximate surface area is 163 Å². The molecule has 0 aliphatic carbocycles. The van der Waals surface area contributed by atoms with E-state index in [1.165, 1.54) is 0 Å². The zero-order valence-electron chi connectivity index (χ0n) is 15.7. The van der Waals surface area contributed by atoms with Gasteiger partial charge >= 0.3 is 6.09 Å². The van der Waals surface area contributed by atoms with Gasteiger partial charge in [0.25, 0.3) is 5.91 Å². The maximum atomic E-state index is 12.7. The molecule has 146 valence electrons. The van der Waals surface area contributed by atoms with Gasteiger partial charge in [-0.05, 0) is 42.3 Å². The molecule has 0 radical (unpaired) electrons. The van der Waals surface area contributed by atoms with Gasteiger partial charge in [0.15, 0.2) is 0 Å². The van der Waals surface area contributed by atoms with Crippen molar-refractivity contribution in [1.82, 2.24) is 10.2 Å². The number of carbonyl (C=O) groups excluding carboxylic acids is 2. The Morgan fingerprint density at radius 1 is 1.43 bits per heavy atom. The molecule has 2 aromatic rings. The van der Waals surface area contributed by atoms with Crippen molar-refractivity contribution >= 4 is 17.7 Å². The fourth-order valence-corrected chi connectivity index (χ4v) is 4.23. The second-order valence-electron chi connectivity index (χ2n) is 6.97. The van der Waals surface area contributed by atoms with Gasteiger partial charge in [-0.1, -0.05) is 12.7 Å². The number of fused-ring (bicyclic) bond motifs is 3. The normalized spacial score (nSPS) is 22.6. The van der Waals surface area contributed by atoms with Gasteiger partial charge in [0, 0.05) is 30.8 Å². The van der Waals surface area contributed by atoms with Gasteiger partial charge in [0.2, 0.25) is 0 Å². The molecule has 1 aromatic heterocycles. The highest BCUT2D eigenvalue weighted by molar-refractivity contribution is 5.95. The molecule has 28 heavy (non-hydrogen) atoms. The number of rotatable bonds is 4. The molecule has 0 saturated carbocycles. The first-order valence-electron chi connectivity index (χ1n) is 9.34. The van der Waals surface area contributed by atoms with Crippen molar-refractivity contribution in [2.45, 2.75) is 18.5 Å². The summed E-state index contributed by atoms with van der Waals surface area (Å²) in [6, 6.07) is 9.07. The average Bonchev–Trinajstić information content (AvgIpc) is 3.40. The van der Waals surface area contributed by atoms with Gasteiger partial charge in [0.1, 0.15) is 12.4 Å². The van der Waals surface area contributed by atoms with Gasteiger partial charge < -0.3 is 24.7 Å². The lowest BCUT2D eigenvalue weighted by Crippen LogP contribution is -2.38. The van der Waals surface area contributed by atoms with Gasteiger partial charge in [-0.15, -0.1) is 0 Å². The van der Waals surface area contributed by atoms with Crippen LogP contribution in [0.5, 0.6) is 0 Å². The number of benzene rings is 1. The summed E-state index contributed by atoms with van der Waals surface area (Å²) >= 11 is 0. The molecule has 3 heterocycles. The van der Waals surface area contributed by atoms with E-state index in [1.54, 1.807) is 30.4 Å². The Morgan fingerprint density at radius 3 is 3.00 bits per heavy atom. The quantitative estimate of drug-likeness (QED) is 0.792. The number of amides is 2. The van der Waals surface area contributed by atoms with E-state index in [0.717, 1.165) is 23.4 Å². The maximum absolute atomic E-state index is 12.7. The van der Waals surface area contributed by atoms with Crippen LogP contribution in [0.1, 0.15) is 40.2 Å². The van der Waals surface area contributed by atoms with E-state index < -0.39 is 0 Å². The minimum Gasteiger partial charge on any atom is -0.467 e. The van der Waals surface area contributed by atoms with Crippen LogP contribution in [0, 0.1) is 5.92 Å². The molecule has 3 atom stereocenters. The monoisotopic (exact) mass is 381 g/mol. The first-order valence-corrected chi connectivity index (χ1v) is 9.34. The van der Waals surface area contributed by atoms with Crippen LogP contribution in [0.15, 0.2) is 53.7 Å². The minimum absolute atomic E-state index is 0.0597. The number of hydrogen-bond donors (Lipinski definition) is 2. The van der Waals surface area contributed by atoms with Crippen molar-refractivity contribution in [1.29, 1.82) is 0 Å². The molecule has 2 N–H and O–H groups in total. The predicted octanol–water partition coefficient (Wildman–Crippen LogP) is 3.49. The van der Waals surface area contributed by atoms with E-state index >= 15 is 0 Å². The third-order valence-corrected chi connectivity index (χ3v) is 5.45. The number of carbonyl (C=O) groups is 2. The lowest BCUT2D eigenvalue weighted by Gasteiger charge is -2.38. The standard InChI is InChI=1S/C21H23N3O4/c1-3-10-28-21(26)24-9-8-14-18(17-5-4-11-27-17)23-16-7-6-13(20(25)22-2)12-15(16)19(14)24/h3-7,11-12,14,18-19,23H,1,8-10H2,2H3,(H,22,25)/t14-,18?,19-/m0/s1. The Bertz CT molecular complexity index is 893. The maximum Gasteiger partial charge on any atom is 0.410 e. The van der Waals surface area contributed by atoms with Crippen LogP contribution >= 0.6 is 0 Å². The second-order valence-corrected chi connectivity index (χ2v) is 6.97. The SMILES string of the molecule is C=CCOC(=O)N1CC[C@H]2C(c3ccco3)Nc3ccc(C(=O)NC)cc3[C@H]21. The zero-order valence-corrected chi connectivity index (χ0v) is 15.7. The third kappa shape index (κ3) is 3.02. The number of hydrogen-bond acceptors (Lipinski definition) is 5. The van der Waals surface area contributed by atoms with E-state index in [-0.39, 0.29) is 36.6 Å². The average molecular weight is 381 g/mol. The number of likely N-dealkylation sites (tertiary alicyclic amines) is 1. The fourth-order valence-electron chi connectivity index (χ4n) is 4.23. The van der Waals surface area contributed by atoms with Crippen molar-refractivity contribution in [2.24, 2.45) is 5.92 Å². The van der Waals surface area contributed by atoms with Gasteiger partial charge in [0.05, 0.1) is 18.3 Å². The molecule has 7 nitrogen and oxygen atoms in total. The second kappa shape index (κ2) is 7.42. The smallest absolute Gasteiger partial charge is 0.410 e. The molecule has 2 aliphatic rings. The Hall–Kier alpha value is -3.22. The summed E-state index contributed by atoms with van der Waals surface area (Å²) in [5, 5.41) is 6.19. The van der Waals surface area contributed by atoms with Gasteiger partial charge in [-0.25, -0.2) is 4.79 Å². The van der Waals surface area contributed by atoms with Crippen molar-refractivity contribution in [3.63, 3.8) is 0 Å². The minimum atomic E-state index is -0.371. The van der Waals surface area contributed by atoms with Crippen molar-refractivity contribution in [3.05, 3.63) is 66.1 Å². The lowest BCUT2D eigenvalue weighted by atomic mass is 9.81. The Morgan fingerprint density at radius 2 is 2.29 bits per heavy atom. The molecule has 1 unspecified atom stereocenters. The van der Waals surface area contributed by atoms with Crippen LogP contribution in [-0.4, -0.2) is 37.1 Å². The Kier molecular flexibility index (Phi) is 4.81. The van der Waals surface area contributed by atoms with Crippen LogP contribution in [0.2, 0.25) is 0 Å². The van der Waals surface area contributed by atoms with E-state index in [1.807, 2.05) is 24.3 Å². The van der Waals surface area contributed by atoms with E-state index in [2.05, 4.69) is 17.2 Å². The molecule has 1 fully saturated rings. The zero-order chi connectivity index (χ0) is 19.7. The molecule has 2 amide bonds. The molecule has 1 aromatic carbocycles. The highest BCUT2D eigenvalue weighted by Crippen LogP contribution is 2.51. The molecule has 1 saturated heterocycles. The molecule has 4 rings (SSSR count). The lowest BCUT2D eigenvalue weighted by molar-refractivity contribution is 0.0962. The topological polar surface area (TPSA) is 83.8 Å². The Balaban J connectivity index is 1.76. The molecule has 0 bridgehead atoms. The first-order chi connectivity index (χ1) is 13.6. The summed E-state index contributed by atoms with van der Waals surface area (Å²) in [5.74, 6) is 0.776. The van der Waals surface area contributed by atoms with E-state index in [0.29, 0.717) is 12.1 Å². The summed E-state index contributed by atoms with van der Waals surface area (Å²) in [6.07, 6.45) is 3.64. The van der Waals surface area contributed by atoms with Gasteiger partial charge in [-0.2, -0.15) is 0 Å². The number of nitrogens with zero attached hydrogens (tertiary/aromatic N) is 1. The molecular formula is C21H23N3O4. The third-order valence-electron chi connectivity index (χ3n) is 5.45. The number of furan rings is 1. The largest absolute Gasteiger partial charge is 0.467 e. The summed E-state index contributed by atoms with van der Waals surface area (Å²) in [4.78, 5) is 26.6. The van der Waals surface area contributed by atoms with Crippen LogP contribution < -0.4 is 10.6 Å². The molecular weight excluding hydrogens is 358 g/mol. The molecule has 7 heteroatoms. The van der Waals surface area contributed by atoms with Crippen LogP contribution in [-0.2, 0) is 4.74 Å². The fraction of sp³-hybridized carbons (Fsp3) is 0.333. The highest BCUT2D eigenvalue weighted by Gasteiger charge is 2.47. The molecule has 0 spiro atoms. The van der Waals surface area contributed by atoms with E-state index in [4.69, 9.17) is 9.15 Å². The summed E-state index contributed by atoms with van der Waals surface area (Å²) < 4.78 is 11.0. The van der Waals surface area contributed by atoms with Crippen molar-refractivity contribution in [3.8, 4) is 0 Å². The number of anilines is 1. The number of ether oxygens (including phenoxy) is 1. The van der Waals surface area contributed by atoms with Crippen LogP contribution in [0.25, 0.3) is 0 Å². The molecule has 2 aliphatic heterocycles. The summed E-state index contributed by atoms with van der Waals surface area (Å²) in [5.41, 5.74) is 2.37. The van der Waals surface area contributed by atoms with Crippen molar-refractivity contribution in [2.75, 3.05) is 25.5 Å². The van der Waals surface area contributed by atoms with Crippen LogP contribution in [0.4, 0.5) is 10.5 Å². The number of nitrogens with one attached hydrogen (secondary N) is 2. The van der Waals surface area contributed by atoms with E-state index in [9.17, 15) is 9.59 Å². The van der Waals surface area contributed by atoms with Crippen molar-refractivity contribution < 1.29 is 18.7 Å². The first kappa shape index (κ1) is 18.2. The summed E-state index contributed by atoms with van der Waals surface area (Å²) in [7, 11) is 1.60.